The number of hydrogen-bond donors (Lipinski definition) is 0. The lowest BCUT2D eigenvalue weighted by Crippen LogP contribution is -2.12. The average molecular weight is 297 g/mol. The fourth-order valence-corrected chi connectivity index (χ4v) is 1.88. The van der Waals surface area contributed by atoms with Gasteiger partial charge in [0.15, 0.2) is 5.75 Å². The Morgan fingerprint density at radius 1 is 1.05 bits per heavy atom. The van der Waals surface area contributed by atoms with Gasteiger partial charge in [0.25, 0.3) is 0 Å². The molecule has 4 heteroatoms. The normalized spacial score (nSPS) is 10.0. The minimum atomic E-state index is -0.469. The Morgan fingerprint density at radius 3 is 2.45 bits per heavy atom. The largest absolute Gasteiger partial charge is 0.486 e. The molecule has 0 aliphatic carbocycles. The third kappa shape index (κ3) is 3.88. The number of rotatable bonds is 6. The second-order valence-electron chi connectivity index (χ2n) is 4.76. The summed E-state index contributed by atoms with van der Waals surface area (Å²) >= 11 is 0. The molecule has 0 aliphatic rings. The molecular weight excluding hydrogens is 280 g/mol. The van der Waals surface area contributed by atoms with Crippen LogP contribution in [0.2, 0.25) is 0 Å². The Morgan fingerprint density at radius 2 is 1.77 bits per heavy atom. The van der Waals surface area contributed by atoms with Crippen molar-refractivity contribution in [2.24, 2.45) is 0 Å². The van der Waals surface area contributed by atoms with Gasteiger partial charge in [0.2, 0.25) is 5.75 Å². The summed E-state index contributed by atoms with van der Waals surface area (Å²) in [7, 11) is 0. The highest BCUT2D eigenvalue weighted by atomic mass is 16.6. The fraction of sp³-hybridized carbons (Fsp3) is 0.167. The number of ether oxygens (including phenoxy) is 2. The van der Waals surface area contributed by atoms with Crippen LogP contribution in [0.5, 0.6) is 11.5 Å². The molecule has 0 heterocycles. The molecule has 0 aliphatic heterocycles. The van der Waals surface area contributed by atoms with E-state index in [1.54, 1.807) is 25.1 Å². The second-order valence-corrected chi connectivity index (χ2v) is 4.76. The summed E-state index contributed by atoms with van der Waals surface area (Å²) in [5.41, 5.74) is 1.75. The fourth-order valence-electron chi connectivity index (χ4n) is 1.88. The molecule has 0 bridgehead atoms. The van der Waals surface area contributed by atoms with E-state index in [0.29, 0.717) is 11.1 Å². The third-order valence-electron chi connectivity index (χ3n) is 2.99. The smallest absolute Gasteiger partial charge is 0.333 e. The highest BCUT2D eigenvalue weighted by molar-refractivity contribution is 5.86. The van der Waals surface area contributed by atoms with Crippen LogP contribution in [0.3, 0.4) is 0 Å². The molecule has 0 amide bonds. The lowest BCUT2D eigenvalue weighted by atomic mass is 10.0. The number of esters is 1. The molecule has 0 spiro atoms. The van der Waals surface area contributed by atoms with Gasteiger partial charge < -0.3 is 9.47 Å². The first-order chi connectivity index (χ1) is 10.6. The molecule has 0 saturated carbocycles. The standard InChI is InChI=1S/C18H17O4/c1-13(2)18(20)22-12-11-21-16-10-6-9-15(17(16)19)14-7-4-3-5-8-14/h3-10H,1,11-12H2,2H3. The van der Waals surface area contributed by atoms with Gasteiger partial charge in [0.1, 0.15) is 13.2 Å². The number of carbonyl (C=O) groups excluding carboxylic acids is 1. The van der Waals surface area contributed by atoms with Crippen molar-refractivity contribution in [3.05, 3.63) is 60.7 Å². The first-order valence-corrected chi connectivity index (χ1v) is 6.90. The quantitative estimate of drug-likeness (QED) is 0.460. The summed E-state index contributed by atoms with van der Waals surface area (Å²) in [5.74, 6) is -0.406. The molecule has 1 radical (unpaired) electrons. The zero-order valence-corrected chi connectivity index (χ0v) is 12.4. The maximum atomic E-state index is 12.4. The van der Waals surface area contributed by atoms with Crippen molar-refractivity contribution in [1.82, 2.24) is 0 Å². The summed E-state index contributed by atoms with van der Waals surface area (Å²) in [6.07, 6.45) is 0. The van der Waals surface area contributed by atoms with E-state index in [9.17, 15) is 9.90 Å². The maximum absolute atomic E-state index is 12.4. The van der Waals surface area contributed by atoms with Crippen LogP contribution in [-0.4, -0.2) is 19.2 Å². The first-order valence-electron chi connectivity index (χ1n) is 6.90. The molecule has 113 valence electrons. The van der Waals surface area contributed by atoms with Crippen LogP contribution in [0.25, 0.3) is 11.1 Å². The molecule has 0 N–H and O–H groups in total. The summed E-state index contributed by atoms with van der Waals surface area (Å²) < 4.78 is 10.3. The van der Waals surface area contributed by atoms with Gasteiger partial charge in [-0.05, 0) is 18.6 Å². The molecular formula is C18H17O4. The molecule has 2 rings (SSSR count). The zero-order valence-electron chi connectivity index (χ0n) is 12.4. The number of para-hydroxylation sites is 1. The van der Waals surface area contributed by atoms with Crippen LogP contribution in [0.15, 0.2) is 60.7 Å². The van der Waals surface area contributed by atoms with E-state index in [1.165, 1.54) is 0 Å². The molecule has 0 aromatic heterocycles. The second kappa shape index (κ2) is 7.31. The Hall–Kier alpha value is -2.75. The Balaban J connectivity index is 2.01. The van der Waals surface area contributed by atoms with Crippen molar-refractivity contribution in [2.75, 3.05) is 13.2 Å². The Bertz CT molecular complexity index is 662. The average Bonchev–Trinajstić information content (AvgIpc) is 2.53. The van der Waals surface area contributed by atoms with E-state index in [2.05, 4.69) is 6.58 Å². The third-order valence-corrected chi connectivity index (χ3v) is 2.99. The Kier molecular flexibility index (Phi) is 5.20. The Labute approximate surface area is 129 Å². The summed E-state index contributed by atoms with van der Waals surface area (Å²) in [4.78, 5) is 11.2. The van der Waals surface area contributed by atoms with E-state index in [4.69, 9.17) is 9.47 Å². The van der Waals surface area contributed by atoms with Gasteiger partial charge in [-0.15, -0.1) is 0 Å². The van der Waals surface area contributed by atoms with E-state index < -0.39 is 5.97 Å². The maximum Gasteiger partial charge on any atom is 0.333 e. The van der Waals surface area contributed by atoms with E-state index in [0.717, 1.165) is 5.56 Å². The molecule has 2 aromatic rings. The minimum absolute atomic E-state index is 0.0701. The molecule has 22 heavy (non-hydrogen) atoms. The van der Waals surface area contributed by atoms with Crippen LogP contribution in [0, 0.1) is 0 Å². The van der Waals surface area contributed by atoms with Gasteiger partial charge >= 0.3 is 5.97 Å². The minimum Gasteiger partial charge on any atom is -0.486 e. The highest BCUT2D eigenvalue weighted by Crippen LogP contribution is 2.37. The SMILES string of the molecule is C=C(C)C(=O)OCCOc1cccc(-c2ccccc2)c1[O]. The van der Waals surface area contributed by atoms with Gasteiger partial charge in [-0.1, -0.05) is 49.0 Å². The number of benzene rings is 2. The molecule has 4 nitrogen and oxygen atoms in total. The lowest BCUT2D eigenvalue weighted by molar-refractivity contribution is -0.139. The lowest BCUT2D eigenvalue weighted by Gasteiger charge is -2.10. The van der Waals surface area contributed by atoms with Crippen molar-refractivity contribution < 1.29 is 19.4 Å². The van der Waals surface area contributed by atoms with Crippen molar-refractivity contribution in [3.63, 3.8) is 0 Å². The molecule has 0 fully saturated rings. The summed E-state index contributed by atoms with van der Waals surface area (Å²) in [6, 6.07) is 14.5. The monoisotopic (exact) mass is 297 g/mol. The first kappa shape index (κ1) is 15.6. The molecule has 0 saturated heterocycles. The molecule has 2 aromatic carbocycles. The van der Waals surface area contributed by atoms with Crippen molar-refractivity contribution >= 4 is 5.97 Å². The highest BCUT2D eigenvalue weighted by Gasteiger charge is 2.12. The van der Waals surface area contributed by atoms with Gasteiger partial charge in [0.05, 0.1) is 0 Å². The van der Waals surface area contributed by atoms with E-state index in [-0.39, 0.29) is 24.7 Å². The van der Waals surface area contributed by atoms with Gasteiger partial charge in [0, 0.05) is 11.1 Å². The molecule has 0 atom stereocenters. The van der Waals surface area contributed by atoms with Crippen molar-refractivity contribution in [3.8, 4) is 22.6 Å². The van der Waals surface area contributed by atoms with Crippen molar-refractivity contribution in [1.29, 1.82) is 0 Å². The van der Waals surface area contributed by atoms with Crippen LogP contribution in [0.1, 0.15) is 6.92 Å². The zero-order chi connectivity index (χ0) is 15.9. The van der Waals surface area contributed by atoms with Crippen molar-refractivity contribution in [2.45, 2.75) is 6.92 Å². The van der Waals surface area contributed by atoms with Gasteiger partial charge in [-0.2, -0.15) is 0 Å². The molecule has 0 unspecified atom stereocenters. The topological polar surface area (TPSA) is 55.4 Å². The van der Waals surface area contributed by atoms with E-state index in [1.807, 2.05) is 30.3 Å². The van der Waals surface area contributed by atoms with Crippen LogP contribution in [0.4, 0.5) is 0 Å². The number of carbonyl (C=O) groups is 1. The summed E-state index contributed by atoms with van der Waals surface area (Å²) in [6.45, 7) is 5.25. The van der Waals surface area contributed by atoms with Crippen LogP contribution < -0.4 is 4.74 Å². The summed E-state index contributed by atoms with van der Waals surface area (Å²) in [5, 5.41) is 12.4. The van der Waals surface area contributed by atoms with Crippen LogP contribution >= 0.6 is 0 Å². The van der Waals surface area contributed by atoms with Gasteiger partial charge in [-0.25, -0.2) is 4.79 Å². The van der Waals surface area contributed by atoms with E-state index >= 15 is 0 Å². The van der Waals surface area contributed by atoms with Crippen LogP contribution in [-0.2, 0) is 14.6 Å². The predicted octanol–water partition coefficient (Wildman–Crippen LogP) is 4.00. The van der Waals surface area contributed by atoms with Gasteiger partial charge in [-0.3, -0.25) is 5.11 Å². The predicted molar refractivity (Wildman–Crippen MR) is 83.3 cm³/mol. The number of hydrogen-bond acceptors (Lipinski definition) is 3.